The molecule has 12 heavy (non-hydrogen) atoms. The first kappa shape index (κ1) is 12.1. The van der Waals surface area contributed by atoms with Crippen LogP contribution in [0.1, 0.15) is 0 Å². The molecule has 3 nitrogen and oxygen atoms in total. The Morgan fingerprint density at radius 2 is 2.08 bits per heavy atom. The second-order valence-corrected chi connectivity index (χ2v) is 3.72. The first-order valence-electron chi connectivity index (χ1n) is 2.98. The van der Waals surface area contributed by atoms with E-state index in [-0.39, 0.29) is 32.7 Å². The third-order valence-electron chi connectivity index (χ3n) is 0.957. The molecule has 0 fully saturated rings. The molecule has 0 aromatic heterocycles. The molecule has 1 aromatic rings. The van der Waals surface area contributed by atoms with Crippen LogP contribution in [0.3, 0.4) is 0 Å². The third-order valence-corrected chi connectivity index (χ3v) is 1.49. The van der Waals surface area contributed by atoms with Crippen molar-refractivity contribution >= 4 is 15.7 Å². The van der Waals surface area contributed by atoms with E-state index in [1.54, 1.807) is 24.3 Å². The van der Waals surface area contributed by atoms with Crippen LogP contribution in [0.15, 0.2) is 24.3 Å². The molecule has 63 valence electrons. The molecule has 0 aliphatic heterocycles. The van der Waals surface area contributed by atoms with Crippen molar-refractivity contribution in [3.05, 3.63) is 35.1 Å². The topological polar surface area (TPSA) is 48.2 Å². The minimum atomic E-state index is -3.28. The van der Waals surface area contributed by atoms with E-state index in [2.05, 4.69) is 10.8 Å². The maximum absolute atomic E-state index is 10.6. The van der Waals surface area contributed by atoms with Crippen LogP contribution in [0.25, 0.3) is 4.72 Å². The summed E-state index contributed by atoms with van der Waals surface area (Å²) in [7, 11) is -3.28. The monoisotopic (exact) mass is 258 g/mol. The van der Waals surface area contributed by atoms with E-state index in [1.165, 1.54) is 0 Å². The van der Waals surface area contributed by atoms with Crippen molar-refractivity contribution in [2.45, 2.75) is 0 Å². The fraction of sp³-hybridized carbons (Fsp3) is 0.143. The predicted molar refractivity (Wildman–Crippen MR) is 43.1 cm³/mol. The van der Waals surface area contributed by atoms with Crippen molar-refractivity contribution in [1.29, 1.82) is 0 Å². The number of benzene rings is 1. The van der Waals surface area contributed by atoms with Crippen molar-refractivity contribution in [2.75, 3.05) is 6.26 Å². The van der Waals surface area contributed by atoms with Gasteiger partial charge < -0.3 is 4.72 Å². The summed E-state index contributed by atoms with van der Waals surface area (Å²) in [6.45, 7) is 0. The van der Waals surface area contributed by atoms with Gasteiger partial charge in [-0.25, -0.2) is 14.1 Å². The minimum absolute atomic E-state index is 0. The van der Waals surface area contributed by atoms with Gasteiger partial charge in [-0.2, -0.15) is 30.3 Å². The SMILES string of the molecule is CS(=O)(=O)[N-]c1[c-]cccc1.[Y]. The van der Waals surface area contributed by atoms with Crippen molar-refractivity contribution in [1.82, 2.24) is 0 Å². The van der Waals surface area contributed by atoms with Gasteiger partial charge in [-0.1, -0.05) is 0 Å². The van der Waals surface area contributed by atoms with Crippen LogP contribution in [0.5, 0.6) is 0 Å². The van der Waals surface area contributed by atoms with Gasteiger partial charge in [0.2, 0.25) is 0 Å². The van der Waals surface area contributed by atoms with E-state index in [1.807, 2.05) is 0 Å². The summed E-state index contributed by atoms with van der Waals surface area (Å²) in [5.41, 5.74) is 0.343. The zero-order valence-electron chi connectivity index (χ0n) is 6.56. The second kappa shape index (κ2) is 4.95. The molecule has 5 heteroatoms. The summed E-state index contributed by atoms with van der Waals surface area (Å²) in [6, 6.07) is 9.34. The van der Waals surface area contributed by atoms with Gasteiger partial charge in [0.05, 0.1) is 10.0 Å². The number of hydrogen-bond acceptors (Lipinski definition) is 2. The Bertz CT molecular complexity index is 323. The van der Waals surface area contributed by atoms with Crippen molar-refractivity contribution in [3.63, 3.8) is 0 Å². The molecular weight excluding hydrogens is 251 g/mol. The molecule has 0 aliphatic carbocycles. The number of nitrogens with zero attached hydrogens (tertiary/aromatic N) is 1. The first-order chi connectivity index (χ1) is 5.08. The fourth-order valence-electron chi connectivity index (χ4n) is 0.619. The summed E-state index contributed by atoms with van der Waals surface area (Å²) >= 11 is 0. The molecule has 1 radical (unpaired) electrons. The zero-order valence-corrected chi connectivity index (χ0v) is 10.2. The quantitative estimate of drug-likeness (QED) is 0.754. The van der Waals surface area contributed by atoms with Crippen LogP contribution in [-0.4, -0.2) is 14.7 Å². The molecule has 0 aliphatic rings. The third kappa shape index (κ3) is 4.85. The second-order valence-electron chi connectivity index (χ2n) is 2.07. The Morgan fingerprint density at radius 3 is 2.50 bits per heavy atom. The summed E-state index contributed by atoms with van der Waals surface area (Å²) in [5, 5.41) is 0. The smallest absolute Gasteiger partial charge is 0.0894 e. The van der Waals surface area contributed by atoms with E-state index in [0.29, 0.717) is 5.69 Å². The standard InChI is InChI=1S/C7H7NO2S.Y/c1-11(9,10)8-7-5-3-2-4-6-7;/h2-5H,1H3;/q-2;. The first-order valence-corrected chi connectivity index (χ1v) is 4.82. The number of rotatable bonds is 2. The van der Waals surface area contributed by atoms with Gasteiger partial charge >= 0.3 is 0 Å². The molecule has 0 amide bonds. The molecular formula is C7H7NO2SY-2. The van der Waals surface area contributed by atoms with E-state index in [9.17, 15) is 8.42 Å². The summed E-state index contributed by atoms with van der Waals surface area (Å²) in [4.78, 5) is 0. The molecule has 0 atom stereocenters. The van der Waals surface area contributed by atoms with Crippen LogP contribution in [0, 0.1) is 6.07 Å². The van der Waals surface area contributed by atoms with Gasteiger partial charge in [0.15, 0.2) is 0 Å². The molecule has 0 saturated carbocycles. The van der Waals surface area contributed by atoms with E-state index in [4.69, 9.17) is 0 Å². The van der Waals surface area contributed by atoms with Gasteiger partial charge in [0, 0.05) is 39.0 Å². The van der Waals surface area contributed by atoms with Crippen LogP contribution in [-0.2, 0) is 42.7 Å². The van der Waals surface area contributed by atoms with Crippen molar-refractivity contribution in [3.8, 4) is 0 Å². The average Bonchev–Trinajstić information content (AvgIpc) is 1.85. The van der Waals surface area contributed by atoms with Gasteiger partial charge in [-0.15, -0.1) is 0 Å². The van der Waals surface area contributed by atoms with E-state index < -0.39 is 10.0 Å². The van der Waals surface area contributed by atoms with Gasteiger partial charge in [0.1, 0.15) is 0 Å². The van der Waals surface area contributed by atoms with E-state index >= 15 is 0 Å². The molecule has 0 unspecified atom stereocenters. The molecule has 0 heterocycles. The Kier molecular flexibility index (Phi) is 4.98. The van der Waals surface area contributed by atoms with Crippen molar-refractivity contribution < 1.29 is 41.1 Å². The Balaban J connectivity index is 0.00000121. The van der Waals surface area contributed by atoms with Crippen molar-refractivity contribution in [2.24, 2.45) is 0 Å². The molecule has 0 N–H and O–H groups in total. The maximum Gasteiger partial charge on any atom is 0.0894 e. The van der Waals surface area contributed by atoms with E-state index in [0.717, 1.165) is 6.26 Å². The minimum Gasteiger partial charge on any atom is -0.598 e. The number of hydrogen-bond donors (Lipinski definition) is 0. The summed E-state index contributed by atoms with van der Waals surface area (Å²) in [5.74, 6) is 0. The predicted octanol–water partition coefficient (Wildman–Crippen LogP) is 1.45. The van der Waals surface area contributed by atoms with Crippen LogP contribution < -0.4 is 0 Å². The fourth-order valence-corrected chi connectivity index (χ4v) is 1.09. The summed E-state index contributed by atoms with van der Waals surface area (Å²) < 4.78 is 24.6. The molecule has 0 saturated heterocycles. The normalized spacial score (nSPS) is 10.1. The molecule has 1 rings (SSSR count). The Morgan fingerprint density at radius 1 is 1.42 bits per heavy atom. The number of sulfonamides is 1. The molecule has 0 spiro atoms. The van der Waals surface area contributed by atoms with Crippen LogP contribution in [0.4, 0.5) is 5.69 Å². The summed E-state index contributed by atoms with van der Waals surface area (Å²) in [6.07, 6.45) is 1.05. The van der Waals surface area contributed by atoms with Crippen LogP contribution >= 0.6 is 0 Å². The Labute approximate surface area is 97.5 Å². The van der Waals surface area contributed by atoms with Crippen LogP contribution in [0.2, 0.25) is 0 Å². The molecule has 0 bridgehead atoms. The zero-order chi connectivity index (χ0) is 8.32. The molecule has 1 aromatic carbocycles. The van der Waals surface area contributed by atoms with Gasteiger partial charge in [-0.3, -0.25) is 0 Å². The van der Waals surface area contributed by atoms with Gasteiger partial charge in [-0.05, 0) is 0 Å². The maximum atomic E-state index is 10.6. The Hall–Kier alpha value is 0.0739. The largest absolute Gasteiger partial charge is 0.598 e. The average molecular weight is 258 g/mol. The van der Waals surface area contributed by atoms with Gasteiger partial charge in [0.25, 0.3) is 0 Å².